The summed E-state index contributed by atoms with van der Waals surface area (Å²) in [7, 11) is 0. The van der Waals surface area contributed by atoms with Crippen molar-refractivity contribution < 1.29 is 9.50 Å². The van der Waals surface area contributed by atoms with Gasteiger partial charge in [-0.2, -0.15) is 4.37 Å². The van der Waals surface area contributed by atoms with Gasteiger partial charge in [0.25, 0.3) is 0 Å². The Balaban J connectivity index is 1.55. The van der Waals surface area contributed by atoms with Gasteiger partial charge < -0.3 is 10.4 Å². The van der Waals surface area contributed by atoms with Crippen molar-refractivity contribution in [1.29, 1.82) is 0 Å². The SMILES string of the molecule is OC(CCNc1cc(-c2ccncc2)ns1)c1ccc(Cl)c(F)c1. The monoisotopic (exact) mass is 363 g/mol. The lowest BCUT2D eigenvalue weighted by atomic mass is 10.1. The van der Waals surface area contributed by atoms with E-state index in [0.717, 1.165) is 16.3 Å². The van der Waals surface area contributed by atoms with Crippen molar-refractivity contribution in [3.05, 3.63) is 65.2 Å². The number of hydrogen-bond acceptors (Lipinski definition) is 5. The fourth-order valence-electron chi connectivity index (χ4n) is 2.24. The lowest BCUT2D eigenvalue weighted by molar-refractivity contribution is 0.171. The smallest absolute Gasteiger partial charge is 0.142 e. The third kappa shape index (κ3) is 4.08. The van der Waals surface area contributed by atoms with Crippen molar-refractivity contribution in [3.8, 4) is 11.3 Å². The molecule has 124 valence electrons. The van der Waals surface area contributed by atoms with Crippen LogP contribution in [0.1, 0.15) is 18.1 Å². The standard InChI is InChI=1S/C17H15ClFN3OS/c18-13-2-1-12(9-14(13)19)16(23)5-8-21-17-10-15(22-24-17)11-3-6-20-7-4-11/h1-4,6-7,9-10,16,21,23H,5,8H2. The first kappa shape index (κ1) is 16.8. The molecule has 0 saturated carbocycles. The van der Waals surface area contributed by atoms with E-state index in [-0.39, 0.29) is 5.02 Å². The molecule has 1 atom stereocenters. The Kier molecular flexibility index (Phi) is 5.40. The highest BCUT2D eigenvalue weighted by atomic mass is 35.5. The topological polar surface area (TPSA) is 58.0 Å². The van der Waals surface area contributed by atoms with Crippen molar-refractivity contribution in [2.24, 2.45) is 0 Å². The summed E-state index contributed by atoms with van der Waals surface area (Å²) in [6.07, 6.45) is 3.15. The Labute approximate surface area is 148 Å². The highest BCUT2D eigenvalue weighted by Gasteiger charge is 2.11. The fourth-order valence-corrected chi connectivity index (χ4v) is 3.04. The number of nitrogens with zero attached hydrogens (tertiary/aromatic N) is 2. The first-order valence-electron chi connectivity index (χ1n) is 7.37. The van der Waals surface area contributed by atoms with E-state index in [4.69, 9.17) is 11.6 Å². The fraction of sp³-hybridized carbons (Fsp3) is 0.176. The van der Waals surface area contributed by atoms with Crippen molar-refractivity contribution in [3.63, 3.8) is 0 Å². The lowest BCUT2D eigenvalue weighted by Crippen LogP contribution is -2.07. The molecule has 0 aliphatic carbocycles. The van der Waals surface area contributed by atoms with Crippen molar-refractivity contribution >= 4 is 28.1 Å². The summed E-state index contributed by atoms with van der Waals surface area (Å²) < 4.78 is 17.8. The number of benzene rings is 1. The zero-order valence-electron chi connectivity index (χ0n) is 12.6. The number of aliphatic hydroxyl groups excluding tert-OH is 1. The maximum atomic E-state index is 13.4. The van der Waals surface area contributed by atoms with Crippen LogP contribution in [0.25, 0.3) is 11.3 Å². The molecule has 0 amide bonds. The molecule has 0 aliphatic rings. The van der Waals surface area contributed by atoms with E-state index < -0.39 is 11.9 Å². The molecule has 2 N–H and O–H groups in total. The molecule has 1 unspecified atom stereocenters. The summed E-state index contributed by atoms with van der Waals surface area (Å²) in [5, 5.41) is 14.3. The van der Waals surface area contributed by atoms with Crippen LogP contribution < -0.4 is 5.32 Å². The predicted octanol–water partition coefficient (Wildman–Crippen LogP) is 4.53. The third-order valence-corrected chi connectivity index (χ3v) is 4.59. The molecule has 4 nitrogen and oxygen atoms in total. The molecule has 0 spiro atoms. The van der Waals surface area contributed by atoms with E-state index in [2.05, 4.69) is 14.7 Å². The second kappa shape index (κ2) is 7.70. The van der Waals surface area contributed by atoms with Gasteiger partial charge in [0.15, 0.2) is 0 Å². The maximum Gasteiger partial charge on any atom is 0.142 e. The number of nitrogens with one attached hydrogen (secondary N) is 1. The third-order valence-electron chi connectivity index (χ3n) is 3.53. The van der Waals surface area contributed by atoms with Crippen molar-refractivity contribution in [2.45, 2.75) is 12.5 Å². The van der Waals surface area contributed by atoms with Crippen LogP contribution in [-0.4, -0.2) is 21.0 Å². The molecule has 2 aromatic heterocycles. The number of pyridine rings is 1. The molecule has 1 aromatic carbocycles. The van der Waals surface area contributed by atoms with Crippen LogP contribution in [0.15, 0.2) is 48.8 Å². The molecular formula is C17H15ClFN3OS. The number of aromatic nitrogens is 2. The van der Waals surface area contributed by atoms with E-state index in [1.54, 1.807) is 18.5 Å². The van der Waals surface area contributed by atoms with Gasteiger partial charge in [0.2, 0.25) is 0 Å². The molecule has 3 aromatic rings. The van der Waals surface area contributed by atoms with E-state index in [9.17, 15) is 9.50 Å². The minimum Gasteiger partial charge on any atom is -0.388 e. The molecular weight excluding hydrogens is 349 g/mol. The minimum absolute atomic E-state index is 0.0531. The Morgan fingerprint density at radius 2 is 2.00 bits per heavy atom. The average Bonchev–Trinajstić information content (AvgIpc) is 3.07. The van der Waals surface area contributed by atoms with E-state index in [1.165, 1.54) is 23.7 Å². The van der Waals surface area contributed by atoms with Crippen LogP contribution in [-0.2, 0) is 0 Å². The molecule has 0 saturated heterocycles. The van der Waals surface area contributed by atoms with Gasteiger partial charge in [-0.25, -0.2) is 4.39 Å². The zero-order chi connectivity index (χ0) is 16.9. The number of halogens is 2. The van der Waals surface area contributed by atoms with Crippen molar-refractivity contribution in [2.75, 3.05) is 11.9 Å². The maximum absolute atomic E-state index is 13.4. The number of aliphatic hydroxyl groups is 1. The zero-order valence-corrected chi connectivity index (χ0v) is 14.2. The van der Waals surface area contributed by atoms with Crippen LogP contribution in [0, 0.1) is 5.82 Å². The first-order valence-corrected chi connectivity index (χ1v) is 8.52. The normalized spacial score (nSPS) is 12.1. The summed E-state index contributed by atoms with van der Waals surface area (Å²) in [5.74, 6) is -0.523. The van der Waals surface area contributed by atoms with E-state index in [0.29, 0.717) is 18.5 Å². The van der Waals surface area contributed by atoms with Gasteiger partial charge in [-0.05, 0) is 47.8 Å². The van der Waals surface area contributed by atoms with Crippen molar-refractivity contribution in [1.82, 2.24) is 9.36 Å². The predicted molar refractivity (Wildman–Crippen MR) is 94.8 cm³/mol. The summed E-state index contributed by atoms with van der Waals surface area (Å²) >= 11 is 7.00. The Hall–Kier alpha value is -2.02. The lowest BCUT2D eigenvalue weighted by Gasteiger charge is -2.11. The average molecular weight is 364 g/mol. The van der Waals surface area contributed by atoms with Gasteiger partial charge in [-0.3, -0.25) is 4.98 Å². The summed E-state index contributed by atoms with van der Waals surface area (Å²) in [4.78, 5) is 3.98. The second-order valence-electron chi connectivity index (χ2n) is 5.22. The van der Waals surface area contributed by atoms with Gasteiger partial charge >= 0.3 is 0 Å². The summed E-state index contributed by atoms with van der Waals surface area (Å²) in [5.41, 5.74) is 2.40. The largest absolute Gasteiger partial charge is 0.388 e. The van der Waals surface area contributed by atoms with Crippen LogP contribution >= 0.6 is 23.1 Å². The molecule has 0 fully saturated rings. The second-order valence-corrected chi connectivity index (χ2v) is 6.43. The Bertz CT molecular complexity index is 813. The van der Waals surface area contributed by atoms with E-state index >= 15 is 0 Å². The molecule has 0 radical (unpaired) electrons. The number of hydrogen-bond donors (Lipinski definition) is 2. The molecule has 0 bridgehead atoms. The molecule has 3 rings (SSSR count). The van der Waals surface area contributed by atoms with Gasteiger partial charge in [-0.15, -0.1) is 0 Å². The molecule has 0 aliphatic heterocycles. The van der Waals surface area contributed by atoms with Crippen LogP contribution in [0.3, 0.4) is 0 Å². The summed E-state index contributed by atoms with van der Waals surface area (Å²) in [6, 6.07) is 10.1. The number of anilines is 1. The highest BCUT2D eigenvalue weighted by molar-refractivity contribution is 7.10. The van der Waals surface area contributed by atoms with Gasteiger partial charge in [0.1, 0.15) is 10.8 Å². The minimum atomic E-state index is -0.753. The first-order chi connectivity index (χ1) is 11.6. The van der Waals surface area contributed by atoms with Crippen LogP contribution in [0.5, 0.6) is 0 Å². The molecule has 24 heavy (non-hydrogen) atoms. The van der Waals surface area contributed by atoms with Gasteiger partial charge in [0, 0.05) is 30.6 Å². The Morgan fingerprint density at radius 3 is 2.75 bits per heavy atom. The highest BCUT2D eigenvalue weighted by Crippen LogP contribution is 2.26. The van der Waals surface area contributed by atoms with Gasteiger partial charge in [-0.1, -0.05) is 17.7 Å². The Morgan fingerprint density at radius 1 is 1.21 bits per heavy atom. The van der Waals surface area contributed by atoms with Gasteiger partial charge in [0.05, 0.1) is 16.8 Å². The summed E-state index contributed by atoms with van der Waals surface area (Å²) in [6.45, 7) is 0.545. The van der Waals surface area contributed by atoms with Crippen LogP contribution in [0.4, 0.5) is 9.39 Å². The molecule has 2 heterocycles. The van der Waals surface area contributed by atoms with E-state index in [1.807, 2.05) is 18.2 Å². The quantitative estimate of drug-likeness (QED) is 0.675. The number of rotatable bonds is 6. The van der Waals surface area contributed by atoms with Crippen LogP contribution in [0.2, 0.25) is 5.02 Å². The molecule has 7 heteroatoms.